The highest BCUT2D eigenvalue weighted by atomic mass is 16.7. The monoisotopic (exact) mass is 299 g/mol. The zero-order chi connectivity index (χ0) is 16.0. The smallest absolute Gasteiger partial charge is 0.400 e. The van der Waals surface area contributed by atoms with Crippen molar-refractivity contribution in [3.8, 4) is 0 Å². The molecule has 1 fully saturated rings. The number of hydrogen-bond donors (Lipinski definition) is 0. The highest BCUT2D eigenvalue weighted by Gasteiger charge is 2.49. The Hall–Kier alpha value is -1.10. The average Bonchev–Trinajstić information content (AvgIpc) is 2.64. The van der Waals surface area contributed by atoms with Crippen molar-refractivity contribution in [2.75, 3.05) is 13.6 Å². The van der Waals surface area contributed by atoms with Gasteiger partial charge in [0.15, 0.2) is 0 Å². The maximum absolute atomic E-state index is 6.00. The molecule has 0 radical (unpaired) electrons. The molecule has 1 saturated heterocycles. The third kappa shape index (κ3) is 3.01. The summed E-state index contributed by atoms with van der Waals surface area (Å²) in [6.07, 6.45) is 3.25. The second-order valence-electron chi connectivity index (χ2n) is 7.50. The van der Waals surface area contributed by atoms with Gasteiger partial charge in [-0.05, 0) is 57.9 Å². The lowest BCUT2D eigenvalue weighted by Crippen LogP contribution is -2.41. The molecule has 118 valence electrons. The highest BCUT2D eigenvalue weighted by molar-refractivity contribution is 6.52. The van der Waals surface area contributed by atoms with Crippen molar-refractivity contribution in [1.29, 1.82) is 0 Å². The van der Waals surface area contributed by atoms with Crippen LogP contribution >= 0.6 is 0 Å². The van der Waals surface area contributed by atoms with E-state index in [0.717, 1.165) is 19.5 Å². The van der Waals surface area contributed by atoms with E-state index < -0.39 is 0 Å². The fourth-order valence-electron chi connectivity index (χ4n) is 2.98. The summed E-state index contributed by atoms with van der Waals surface area (Å²) >= 11 is 0. The molecule has 0 aromatic heterocycles. The van der Waals surface area contributed by atoms with Crippen LogP contribution in [-0.4, -0.2) is 36.8 Å². The Morgan fingerprint density at radius 3 is 2.45 bits per heavy atom. The summed E-state index contributed by atoms with van der Waals surface area (Å²) in [5, 5.41) is 0. The quantitative estimate of drug-likeness (QED) is 0.782. The number of benzene rings is 1. The third-order valence-corrected chi connectivity index (χ3v) is 5.15. The third-order valence-electron chi connectivity index (χ3n) is 5.15. The lowest BCUT2D eigenvalue weighted by atomic mass is 9.88. The van der Waals surface area contributed by atoms with Crippen LogP contribution in [0.25, 0.3) is 6.08 Å². The minimum absolute atomic E-state index is 0.274. The van der Waals surface area contributed by atoms with Crippen molar-refractivity contribution in [2.24, 2.45) is 0 Å². The standard InChI is InChI=1S/C18H26BNO2/c1-17(2)18(3,4)22-19(21-17)10-8-14-6-7-15-9-11-20(5)13-16(15)12-14/h6-8,10,12H,9,11,13H2,1-5H3. The SMILES string of the molecule is CN1CCc2ccc(C=CB3OC(C)(C)C(C)(C)O3)cc2C1. The number of likely N-dealkylation sites (N-methyl/N-ethyl adjacent to an activating group) is 1. The highest BCUT2D eigenvalue weighted by Crippen LogP contribution is 2.37. The van der Waals surface area contributed by atoms with E-state index >= 15 is 0 Å². The van der Waals surface area contributed by atoms with Crippen LogP contribution in [0.3, 0.4) is 0 Å². The van der Waals surface area contributed by atoms with E-state index in [2.05, 4.69) is 63.9 Å². The summed E-state index contributed by atoms with van der Waals surface area (Å²) < 4.78 is 12.0. The van der Waals surface area contributed by atoms with Gasteiger partial charge in [-0.25, -0.2) is 0 Å². The van der Waals surface area contributed by atoms with Crippen LogP contribution in [0, 0.1) is 0 Å². The Bertz CT molecular complexity index is 579. The Morgan fingerprint density at radius 1 is 1.09 bits per heavy atom. The van der Waals surface area contributed by atoms with E-state index in [0.29, 0.717) is 0 Å². The normalized spacial score (nSPS) is 24.0. The van der Waals surface area contributed by atoms with Crippen molar-refractivity contribution in [3.05, 3.63) is 40.9 Å². The van der Waals surface area contributed by atoms with Gasteiger partial charge in [0.25, 0.3) is 0 Å². The summed E-state index contributed by atoms with van der Waals surface area (Å²) in [4.78, 5) is 2.37. The molecule has 0 amide bonds. The molecular weight excluding hydrogens is 273 g/mol. The van der Waals surface area contributed by atoms with Crippen molar-refractivity contribution in [1.82, 2.24) is 4.90 Å². The predicted molar refractivity (Wildman–Crippen MR) is 91.6 cm³/mol. The van der Waals surface area contributed by atoms with Gasteiger partial charge in [-0.15, -0.1) is 0 Å². The molecule has 3 rings (SSSR count). The lowest BCUT2D eigenvalue weighted by molar-refractivity contribution is 0.00578. The van der Waals surface area contributed by atoms with Gasteiger partial charge in [0.1, 0.15) is 0 Å². The van der Waals surface area contributed by atoms with Crippen LogP contribution in [0.5, 0.6) is 0 Å². The van der Waals surface area contributed by atoms with E-state index in [-0.39, 0.29) is 18.3 Å². The van der Waals surface area contributed by atoms with Gasteiger partial charge in [-0.3, -0.25) is 0 Å². The van der Waals surface area contributed by atoms with Gasteiger partial charge in [-0.2, -0.15) is 0 Å². The topological polar surface area (TPSA) is 21.7 Å². The molecule has 3 nitrogen and oxygen atoms in total. The summed E-state index contributed by atoms with van der Waals surface area (Å²) in [5.41, 5.74) is 3.57. The second kappa shape index (κ2) is 5.52. The molecule has 0 N–H and O–H groups in total. The predicted octanol–water partition coefficient (Wildman–Crippen LogP) is 3.32. The first-order valence-corrected chi connectivity index (χ1v) is 8.11. The number of nitrogens with zero attached hydrogens (tertiary/aromatic N) is 1. The Morgan fingerprint density at radius 2 is 1.77 bits per heavy atom. The fourth-order valence-corrected chi connectivity index (χ4v) is 2.98. The molecule has 1 aromatic rings. The van der Waals surface area contributed by atoms with Crippen molar-refractivity contribution in [3.63, 3.8) is 0 Å². The second-order valence-corrected chi connectivity index (χ2v) is 7.50. The molecule has 0 bridgehead atoms. The van der Waals surface area contributed by atoms with Crippen LogP contribution in [0.2, 0.25) is 0 Å². The van der Waals surface area contributed by atoms with Gasteiger partial charge in [0.2, 0.25) is 0 Å². The molecule has 2 heterocycles. The largest absolute Gasteiger partial charge is 0.487 e. The Labute approximate surface area is 134 Å². The van der Waals surface area contributed by atoms with Gasteiger partial charge in [-0.1, -0.05) is 30.3 Å². The van der Waals surface area contributed by atoms with Crippen molar-refractivity contribution < 1.29 is 9.31 Å². The average molecular weight is 299 g/mol. The van der Waals surface area contributed by atoms with Crippen LogP contribution < -0.4 is 0 Å². The zero-order valence-corrected chi connectivity index (χ0v) is 14.3. The van der Waals surface area contributed by atoms with Gasteiger partial charge < -0.3 is 14.2 Å². The molecule has 0 aliphatic carbocycles. The maximum Gasteiger partial charge on any atom is 0.487 e. The van der Waals surface area contributed by atoms with Crippen LogP contribution in [0.1, 0.15) is 44.4 Å². The summed E-state index contributed by atoms with van der Waals surface area (Å²) in [5.74, 6) is 2.02. The molecule has 2 aliphatic rings. The number of rotatable bonds is 2. The molecule has 22 heavy (non-hydrogen) atoms. The Kier molecular flexibility index (Phi) is 3.96. The zero-order valence-electron chi connectivity index (χ0n) is 14.3. The molecule has 0 saturated carbocycles. The van der Waals surface area contributed by atoms with Crippen LogP contribution in [-0.2, 0) is 22.3 Å². The first-order valence-electron chi connectivity index (χ1n) is 8.11. The molecule has 2 aliphatic heterocycles. The fraction of sp³-hybridized carbons (Fsp3) is 0.556. The minimum Gasteiger partial charge on any atom is -0.400 e. The van der Waals surface area contributed by atoms with E-state index in [1.54, 1.807) is 0 Å². The van der Waals surface area contributed by atoms with Crippen molar-refractivity contribution in [2.45, 2.75) is 51.9 Å². The molecular formula is C18H26BNO2. The van der Waals surface area contributed by atoms with E-state index in [1.165, 1.54) is 16.7 Å². The van der Waals surface area contributed by atoms with Gasteiger partial charge in [0.05, 0.1) is 11.2 Å². The molecule has 0 unspecified atom stereocenters. The summed E-state index contributed by atoms with van der Waals surface area (Å²) in [6, 6.07) is 6.73. The number of hydrogen-bond acceptors (Lipinski definition) is 3. The van der Waals surface area contributed by atoms with Crippen LogP contribution in [0.4, 0.5) is 0 Å². The van der Waals surface area contributed by atoms with Gasteiger partial charge in [0, 0.05) is 13.1 Å². The molecule has 0 spiro atoms. The first kappa shape index (κ1) is 15.8. The van der Waals surface area contributed by atoms with E-state index in [4.69, 9.17) is 9.31 Å². The summed E-state index contributed by atoms with van der Waals surface area (Å²) in [7, 11) is 1.90. The van der Waals surface area contributed by atoms with Crippen molar-refractivity contribution >= 4 is 13.2 Å². The number of fused-ring (bicyclic) bond motifs is 1. The first-order chi connectivity index (χ1) is 10.3. The molecule has 0 atom stereocenters. The van der Waals surface area contributed by atoms with Crippen LogP contribution in [0.15, 0.2) is 24.2 Å². The van der Waals surface area contributed by atoms with E-state index in [9.17, 15) is 0 Å². The lowest BCUT2D eigenvalue weighted by Gasteiger charge is -2.32. The summed E-state index contributed by atoms with van der Waals surface area (Å²) in [6.45, 7) is 10.5. The minimum atomic E-state index is -0.277. The van der Waals surface area contributed by atoms with Gasteiger partial charge >= 0.3 is 7.12 Å². The van der Waals surface area contributed by atoms with E-state index in [1.807, 2.05) is 5.98 Å². The molecule has 4 heteroatoms. The molecule has 1 aromatic carbocycles. The Balaban J connectivity index is 1.73. The maximum atomic E-state index is 6.00.